The molecule has 0 bridgehead atoms. The van der Waals surface area contributed by atoms with Gasteiger partial charge in [-0.05, 0) is 35.4 Å². The van der Waals surface area contributed by atoms with E-state index in [-0.39, 0.29) is 11.9 Å². The largest absolute Gasteiger partial charge is 0.497 e. The highest BCUT2D eigenvalue weighted by atomic mass is 35.5. The van der Waals surface area contributed by atoms with Crippen molar-refractivity contribution in [2.75, 3.05) is 13.7 Å². The lowest BCUT2D eigenvalue weighted by Gasteiger charge is -2.24. The van der Waals surface area contributed by atoms with Gasteiger partial charge in [-0.3, -0.25) is 9.48 Å². The third-order valence-corrected chi connectivity index (χ3v) is 6.55. The highest BCUT2D eigenvalue weighted by Gasteiger charge is 2.36. The zero-order valence-corrected chi connectivity index (χ0v) is 20.3. The molecule has 5 rings (SSSR count). The smallest absolute Gasteiger partial charge is 0.255 e. The minimum atomic E-state index is -0.123. The van der Waals surface area contributed by atoms with Crippen LogP contribution in [-0.4, -0.2) is 49.2 Å². The second-order valence-electron chi connectivity index (χ2n) is 8.42. The SMILES string of the molecule is COc1ccc(Cn2cc(/C=C/CN3C(=O)c4ccccc4C3Cc3c(Cl)cnn3C)nn2)cc1. The number of amides is 1. The Labute approximate surface area is 208 Å². The number of hydrogen-bond donors (Lipinski definition) is 0. The quantitative estimate of drug-likeness (QED) is 0.372. The molecular formula is C26H25ClN6O2. The average molecular weight is 489 g/mol. The molecule has 0 fully saturated rings. The predicted molar refractivity (Wildman–Crippen MR) is 133 cm³/mol. The van der Waals surface area contributed by atoms with Crippen LogP contribution < -0.4 is 4.74 Å². The number of benzene rings is 2. The first-order valence-electron chi connectivity index (χ1n) is 11.3. The van der Waals surface area contributed by atoms with Crippen molar-refractivity contribution in [1.82, 2.24) is 29.7 Å². The molecule has 0 aliphatic carbocycles. The van der Waals surface area contributed by atoms with Crippen LogP contribution in [0.1, 0.15) is 38.9 Å². The molecule has 3 heterocycles. The van der Waals surface area contributed by atoms with Gasteiger partial charge in [0.05, 0.1) is 42.8 Å². The molecule has 2 aromatic carbocycles. The van der Waals surface area contributed by atoms with E-state index < -0.39 is 0 Å². The number of aryl methyl sites for hydroxylation is 1. The van der Waals surface area contributed by atoms with E-state index in [1.54, 1.807) is 22.7 Å². The van der Waals surface area contributed by atoms with E-state index in [1.807, 2.05) is 78.8 Å². The lowest BCUT2D eigenvalue weighted by Crippen LogP contribution is -2.30. The van der Waals surface area contributed by atoms with Crippen molar-refractivity contribution in [2.45, 2.75) is 19.0 Å². The molecule has 0 saturated carbocycles. The van der Waals surface area contributed by atoms with Crippen molar-refractivity contribution in [2.24, 2.45) is 7.05 Å². The molecule has 35 heavy (non-hydrogen) atoms. The van der Waals surface area contributed by atoms with Crippen LogP contribution in [0.25, 0.3) is 6.08 Å². The summed E-state index contributed by atoms with van der Waals surface area (Å²) in [4.78, 5) is 15.1. The summed E-state index contributed by atoms with van der Waals surface area (Å²) in [7, 11) is 3.51. The molecule has 8 nitrogen and oxygen atoms in total. The monoisotopic (exact) mass is 488 g/mol. The van der Waals surface area contributed by atoms with Crippen molar-refractivity contribution in [3.63, 3.8) is 0 Å². The summed E-state index contributed by atoms with van der Waals surface area (Å²) in [6.45, 7) is 1.05. The standard InChI is InChI=1S/C26H25ClN6O2/c1-31-25(23(27)15-28-31)14-24-21-7-3-4-8-22(21)26(34)33(24)13-5-6-19-17-32(30-29-19)16-18-9-11-20(35-2)12-10-18/h3-12,15,17,24H,13-14,16H2,1-2H3/b6-5+. The molecule has 1 aliphatic rings. The Morgan fingerprint density at radius 2 is 1.94 bits per heavy atom. The Morgan fingerprint density at radius 3 is 2.69 bits per heavy atom. The summed E-state index contributed by atoms with van der Waals surface area (Å²) in [5.74, 6) is 0.829. The van der Waals surface area contributed by atoms with Crippen LogP contribution in [0.4, 0.5) is 0 Å². The number of carbonyl (C=O) groups excluding carboxylic acids is 1. The van der Waals surface area contributed by atoms with Crippen molar-refractivity contribution >= 4 is 23.6 Å². The zero-order valence-electron chi connectivity index (χ0n) is 19.5. The number of carbonyl (C=O) groups is 1. The van der Waals surface area contributed by atoms with Crippen LogP contribution in [0, 0.1) is 0 Å². The number of hydrogen-bond acceptors (Lipinski definition) is 5. The Hall–Kier alpha value is -3.91. The van der Waals surface area contributed by atoms with Crippen LogP contribution in [0.3, 0.4) is 0 Å². The minimum absolute atomic E-state index is 0.0108. The van der Waals surface area contributed by atoms with Crippen molar-refractivity contribution in [3.05, 3.63) is 100 Å². The Bertz CT molecular complexity index is 1360. The number of rotatable bonds is 8. The van der Waals surface area contributed by atoms with Gasteiger partial charge >= 0.3 is 0 Å². The lowest BCUT2D eigenvalue weighted by atomic mass is 10.0. The highest BCUT2D eigenvalue weighted by molar-refractivity contribution is 6.31. The Kier molecular flexibility index (Phi) is 6.37. The van der Waals surface area contributed by atoms with Crippen LogP contribution in [-0.2, 0) is 20.0 Å². The van der Waals surface area contributed by atoms with Gasteiger partial charge in [-0.25, -0.2) is 4.68 Å². The number of fused-ring (bicyclic) bond motifs is 1. The molecule has 1 amide bonds. The first kappa shape index (κ1) is 22.9. The zero-order chi connectivity index (χ0) is 24.4. The Balaban J connectivity index is 1.30. The molecule has 2 aromatic heterocycles. The Morgan fingerprint density at radius 1 is 1.14 bits per heavy atom. The van der Waals surface area contributed by atoms with E-state index >= 15 is 0 Å². The minimum Gasteiger partial charge on any atom is -0.497 e. The number of aromatic nitrogens is 5. The van der Waals surface area contributed by atoms with Gasteiger partial charge in [0.25, 0.3) is 5.91 Å². The molecule has 0 N–H and O–H groups in total. The summed E-state index contributed by atoms with van der Waals surface area (Å²) in [6.07, 6.45) is 7.95. The maximum absolute atomic E-state index is 13.2. The van der Waals surface area contributed by atoms with Gasteiger partial charge in [-0.1, -0.05) is 53.2 Å². The first-order valence-corrected chi connectivity index (χ1v) is 11.7. The first-order chi connectivity index (χ1) is 17.0. The van der Waals surface area contributed by atoms with Crippen LogP contribution in [0.5, 0.6) is 5.75 Å². The molecular weight excluding hydrogens is 464 g/mol. The average Bonchev–Trinajstić information content (AvgIpc) is 3.53. The van der Waals surface area contributed by atoms with Gasteiger partial charge in [-0.15, -0.1) is 5.10 Å². The van der Waals surface area contributed by atoms with E-state index in [0.29, 0.717) is 24.5 Å². The third-order valence-electron chi connectivity index (χ3n) is 6.24. The number of ether oxygens (including phenoxy) is 1. The highest BCUT2D eigenvalue weighted by Crippen LogP contribution is 2.36. The van der Waals surface area contributed by atoms with Gasteiger partial charge < -0.3 is 9.64 Å². The van der Waals surface area contributed by atoms with E-state index in [0.717, 1.165) is 33.8 Å². The van der Waals surface area contributed by atoms with E-state index in [4.69, 9.17) is 16.3 Å². The summed E-state index contributed by atoms with van der Waals surface area (Å²) < 4.78 is 8.75. The number of methoxy groups -OCH3 is 1. The normalized spacial score (nSPS) is 15.2. The van der Waals surface area contributed by atoms with E-state index in [1.165, 1.54) is 0 Å². The summed E-state index contributed by atoms with van der Waals surface area (Å²) in [5, 5.41) is 13.3. The summed E-state index contributed by atoms with van der Waals surface area (Å²) in [6, 6.07) is 15.5. The van der Waals surface area contributed by atoms with E-state index in [9.17, 15) is 4.79 Å². The molecule has 1 unspecified atom stereocenters. The summed E-state index contributed by atoms with van der Waals surface area (Å²) in [5.41, 5.74) is 4.47. The van der Waals surface area contributed by atoms with Crippen molar-refractivity contribution in [1.29, 1.82) is 0 Å². The summed E-state index contributed by atoms with van der Waals surface area (Å²) >= 11 is 6.37. The third kappa shape index (κ3) is 4.70. The maximum Gasteiger partial charge on any atom is 0.255 e. The van der Waals surface area contributed by atoms with Crippen LogP contribution in [0.2, 0.25) is 5.02 Å². The molecule has 178 valence electrons. The fourth-order valence-electron chi connectivity index (χ4n) is 4.40. The molecule has 0 spiro atoms. The maximum atomic E-state index is 13.2. The van der Waals surface area contributed by atoms with Crippen molar-refractivity contribution in [3.8, 4) is 5.75 Å². The van der Waals surface area contributed by atoms with Gasteiger partial charge in [0, 0.05) is 25.6 Å². The van der Waals surface area contributed by atoms with Crippen molar-refractivity contribution < 1.29 is 9.53 Å². The molecule has 1 aliphatic heterocycles. The fourth-order valence-corrected chi connectivity index (χ4v) is 4.64. The topological polar surface area (TPSA) is 78.1 Å². The second-order valence-corrected chi connectivity index (χ2v) is 8.83. The van der Waals surface area contributed by atoms with Crippen LogP contribution in [0.15, 0.2) is 67.0 Å². The van der Waals surface area contributed by atoms with Gasteiger partial charge in [0.2, 0.25) is 0 Å². The number of halogens is 1. The molecule has 4 aromatic rings. The van der Waals surface area contributed by atoms with Gasteiger partial charge in [0.15, 0.2) is 0 Å². The molecule has 1 atom stereocenters. The molecule has 9 heteroatoms. The fraction of sp³-hybridized carbons (Fsp3) is 0.231. The predicted octanol–water partition coefficient (Wildman–Crippen LogP) is 4.17. The lowest BCUT2D eigenvalue weighted by molar-refractivity contribution is 0.0746. The van der Waals surface area contributed by atoms with Crippen LogP contribution >= 0.6 is 11.6 Å². The van der Waals surface area contributed by atoms with E-state index in [2.05, 4.69) is 15.4 Å². The number of nitrogens with zero attached hydrogens (tertiary/aromatic N) is 6. The van der Waals surface area contributed by atoms with Gasteiger partial charge in [0.1, 0.15) is 11.4 Å². The molecule has 0 radical (unpaired) electrons. The molecule has 0 saturated heterocycles. The second kappa shape index (κ2) is 9.76. The van der Waals surface area contributed by atoms with Gasteiger partial charge in [-0.2, -0.15) is 5.10 Å².